The van der Waals surface area contributed by atoms with Crippen molar-refractivity contribution in [1.82, 2.24) is 10.2 Å². The molecule has 2 fully saturated rings. The highest BCUT2D eigenvalue weighted by Crippen LogP contribution is 2.36. The average Bonchev–Trinajstić information content (AvgIpc) is 3.09. The highest BCUT2D eigenvalue weighted by molar-refractivity contribution is 5.85. The Morgan fingerprint density at radius 3 is 2.64 bits per heavy atom. The van der Waals surface area contributed by atoms with Crippen molar-refractivity contribution in [3.63, 3.8) is 0 Å². The lowest BCUT2D eigenvalue weighted by Crippen LogP contribution is -2.28. The second-order valence-corrected chi connectivity index (χ2v) is 7.24. The van der Waals surface area contributed by atoms with Crippen molar-refractivity contribution < 1.29 is 4.74 Å². The average molecular weight is 325 g/mol. The molecular formula is C18H29ClN2O. The molecule has 3 nitrogen and oxygen atoms in total. The van der Waals surface area contributed by atoms with E-state index in [0.717, 1.165) is 18.9 Å². The van der Waals surface area contributed by atoms with E-state index in [1.54, 1.807) is 0 Å². The lowest BCUT2D eigenvalue weighted by Gasteiger charge is -2.22. The maximum absolute atomic E-state index is 5.75. The molecule has 1 spiro atoms. The molecule has 0 bridgehead atoms. The minimum atomic E-state index is 0. The van der Waals surface area contributed by atoms with Crippen molar-refractivity contribution in [2.24, 2.45) is 11.3 Å². The Labute approximate surface area is 140 Å². The van der Waals surface area contributed by atoms with Crippen LogP contribution in [0.15, 0.2) is 24.3 Å². The summed E-state index contributed by atoms with van der Waals surface area (Å²) in [6.45, 7) is 11.1. The first-order chi connectivity index (χ1) is 10.2. The van der Waals surface area contributed by atoms with E-state index in [-0.39, 0.29) is 12.4 Å². The third-order valence-corrected chi connectivity index (χ3v) is 4.76. The number of rotatable bonds is 5. The van der Waals surface area contributed by atoms with Gasteiger partial charge in [-0.3, -0.25) is 4.90 Å². The van der Waals surface area contributed by atoms with Crippen LogP contribution in [-0.4, -0.2) is 37.7 Å². The van der Waals surface area contributed by atoms with Crippen LogP contribution in [0.2, 0.25) is 0 Å². The Bertz CT molecular complexity index is 455. The summed E-state index contributed by atoms with van der Waals surface area (Å²) in [5.41, 5.74) is 1.97. The lowest BCUT2D eigenvalue weighted by molar-refractivity contribution is 0.266. The van der Waals surface area contributed by atoms with Gasteiger partial charge in [0.2, 0.25) is 0 Å². The summed E-state index contributed by atoms with van der Waals surface area (Å²) < 4.78 is 5.75. The molecule has 1 aromatic carbocycles. The summed E-state index contributed by atoms with van der Waals surface area (Å²) in [6.07, 6.45) is 2.71. The van der Waals surface area contributed by atoms with E-state index < -0.39 is 0 Å². The number of halogens is 1. The van der Waals surface area contributed by atoms with Crippen LogP contribution in [0, 0.1) is 11.3 Å². The van der Waals surface area contributed by atoms with Crippen molar-refractivity contribution in [2.75, 3.05) is 32.8 Å². The Kier molecular flexibility index (Phi) is 6.13. The van der Waals surface area contributed by atoms with Gasteiger partial charge in [-0.25, -0.2) is 0 Å². The van der Waals surface area contributed by atoms with E-state index in [2.05, 4.69) is 48.3 Å². The smallest absolute Gasteiger partial charge is 0.119 e. The molecule has 1 N–H and O–H groups in total. The fourth-order valence-corrected chi connectivity index (χ4v) is 3.52. The topological polar surface area (TPSA) is 24.5 Å². The Hall–Kier alpha value is -0.770. The Morgan fingerprint density at radius 2 is 2.00 bits per heavy atom. The number of nitrogens with zero attached hydrogens (tertiary/aromatic N) is 1. The molecule has 1 aromatic rings. The number of hydrogen-bond donors (Lipinski definition) is 1. The molecule has 0 saturated carbocycles. The molecule has 2 aliphatic rings. The van der Waals surface area contributed by atoms with Crippen molar-refractivity contribution in [3.8, 4) is 5.75 Å². The van der Waals surface area contributed by atoms with Crippen LogP contribution < -0.4 is 10.1 Å². The van der Waals surface area contributed by atoms with Gasteiger partial charge in [0.05, 0.1) is 6.61 Å². The maximum Gasteiger partial charge on any atom is 0.119 e. The van der Waals surface area contributed by atoms with Crippen molar-refractivity contribution in [3.05, 3.63) is 29.8 Å². The lowest BCUT2D eigenvalue weighted by atomic mass is 9.86. The van der Waals surface area contributed by atoms with Crippen LogP contribution in [0.4, 0.5) is 0 Å². The molecule has 0 aliphatic carbocycles. The standard InChI is InChI=1S/C18H28N2O.ClH/c1-15(2)12-21-17-5-3-16(4-6-17)11-20-10-8-18(14-20)7-9-19-13-18;/h3-6,15,19H,7-14H2,1-2H3;1H. The van der Waals surface area contributed by atoms with Gasteiger partial charge in [0.15, 0.2) is 0 Å². The fourth-order valence-electron chi connectivity index (χ4n) is 3.52. The van der Waals surface area contributed by atoms with Crippen molar-refractivity contribution in [2.45, 2.75) is 33.2 Å². The second kappa shape index (κ2) is 7.67. The summed E-state index contributed by atoms with van der Waals surface area (Å²) in [4.78, 5) is 2.61. The van der Waals surface area contributed by atoms with Gasteiger partial charge in [0.1, 0.15) is 5.75 Å². The molecule has 22 heavy (non-hydrogen) atoms. The van der Waals surface area contributed by atoms with Gasteiger partial charge in [-0.15, -0.1) is 12.4 Å². The van der Waals surface area contributed by atoms with Gasteiger partial charge >= 0.3 is 0 Å². The Balaban J connectivity index is 0.00000176. The predicted octanol–water partition coefficient (Wildman–Crippen LogP) is 3.33. The first kappa shape index (κ1) is 17.6. The minimum Gasteiger partial charge on any atom is -0.493 e. The molecule has 4 heteroatoms. The molecule has 0 radical (unpaired) electrons. The van der Waals surface area contributed by atoms with Gasteiger partial charge < -0.3 is 10.1 Å². The molecule has 124 valence electrons. The van der Waals surface area contributed by atoms with Crippen molar-refractivity contribution in [1.29, 1.82) is 0 Å². The third-order valence-electron chi connectivity index (χ3n) is 4.76. The summed E-state index contributed by atoms with van der Waals surface area (Å²) in [6, 6.07) is 8.66. The number of nitrogens with one attached hydrogen (secondary N) is 1. The highest BCUT2D eigenvalue weighted by atomic mass is 35.5. The predicted molar refractivity (Wildman–Crippen MR) is 93.8 cm³/mol. The molecular weight excluding hydrogens is 296 g/mol. The highest BCUT2D eigenvalue weighted by Gasteiger charge is 2.39. The van der Waals surface area contributed by atoms with Crippen molar-refractivity contribution >= 4 is 12.4 Å². The summed E-state index contributed by atoms with van der Waals surface area (Å²) in [7, 11) is 0. The molecule has 3 rings (SSSR count). The first-order valence-corrected chi connectivity index (χ1v) is 8.30. The third kappa shape index (κ3) is 4.37. The van der Waals surface area contributed by atoms with E-state index in [0.29, 0.717) is 11.3 Å². The zero-order valence-electron chi connectivity index (χ0n) is 13.8. The van der Waals surface area contributed by atoms with Crippen LogP contribution in [0.5, 0.6) is 5.75 Å². The fraction of sp³-hybridized carbons (Fsp3) is 0.667. The van der Waals surface area contributed by atoms with Gasteiger partial charge in [-0.2, -0.15) is 0 Å². The molecule has 2 aliphatic heterocycles. The van der Waals surface area contributed by atoms with Gasteiger partial charge in [-0.05, 0) is 55.0 Å². The van der Waals surface area contributed by atoms with E-state index in [1.165, 1.54) is 44.6 Å². The SMILES string of the molecule is CC(C)COc1ccc(CN2CCC3(CCNC3)C2)cc1.Cl. The van der Waals surface area contributed by atoms with Gasteiger partial charge in [0.25, 0.3) is 0 Å². The number of ether oxygens (including phenoxy) is 1. The quantitative estimate of drug-likeness (QED) is 0.899. The zero-order valence-corrected chi connectivity index (χ0v) is 14.6. The number of likely N-dealkylation sites (tertiary alicyclic amines) is 1. The number of hydrogen-bond acceptors (Lipinski definition) is 3. The van der Waals surface area contributed by atoms with Gasteiger partial charge in [0, 0.05) is 19.6 Å². The second-order valence-electron chi connectivity index (χ2n) is 7.24. The van der Waals surface area contributed by atoms with E-state index >= 15 is 0 Å². The molecule has 2 saturated heterocycles. The molecule has 1 atom stereocenters. The molecule has 0 amide bonds. The monoisotopic (exact) mass is 324 g/mol. The first-order valence-electron chi connectivity index (χ1n) is 8.30. The zero-order chi connectivity index (χ0) is 14.7. The van der Waals surface area contributed by atoms with Crippen LogP contribution in [-0.2, 0) is 6.54 Å². The normalized spacial score (nSPS) is 24.9. The van der Waals surface area contributed by atoms with Crippen LogP contribution >= 0.6 is 12.4 Å². The van der Waals surface area contributed by atoms with E-state index in [9.17, 15) is 0 Å². The van der Waals surface area contributed by atoms with E-state index in [1.807, 2.05) is 0 Å². The van der Waals surface area contributed by atoms with Crippen LogP contribution in [0.1, 0.15) is 32.3 Å². The summed E-state index contributed by atoms with van der Waals surface area (Å²) in [5, 5.41) is 3.53. The van der Waals surface area contributed by atoms with Crippen LogP contribution in [0.25, 0.3) is 0 Å². The van der Waals surface area contributed by atoms with Crippen LogP contribution in [0.3, 0.4) is 0 Å². The molecule has 1 unspecified atom stereocenters. The molecule has 0 aromatic heterocycles. The van der Waals surface area contributed by atoms with Gasteiger partial charge in [-0.1, -0.05) is 26.0 Å². The summed E-state index contributed by atoms with van der Waals surface area (Å²) >= 11 is 0. The largest absolute Gasteiger partial charge is 0.493 e. The molecule has 2 heterocycles. The number of benzene rings is 1. The minimum absolute atomic E-state index is 0. The maximum atomic E-state index is 5.75. The Morgan fingerprint density at radius 1 is 1.23 bits per heavy atom. The summed E-state index contributed by atoms with van der Waals surface area (Å²) in [5.74, 6) is 1.57. The van der Waals surface area contributed by atoms with E-state index in [4.69, 9.17) is 4.74 Å².